The van der Waals surface area contributed by atoms with Gasteiger partial charge in [0.2, 0.25) is 0 Å². The van der Waals surface area contributed by atoms with Crippen LogP contribution in [0, 0.1) is 0 Å². The highest BCUT2D eigenvalue weighted by Gasteiger charge is 2.08. The van der Waals surface area contributed by atoms with Gasteiger partial charge in [-0.3, -0.25) is 0 Å². The number of unbranched alkanes of at least 4 members (excludes halogenated alkanes) is 11. The standard InChI is InChI=1S/C21H44O2/c1-4-7-10-12-14-16-19-22-21(18-9-6-3)23-20-17-15-13-11-8-5-2/h21H,4-20H2,1-3H3. The summed E-state index contributed by atoms with van der Waals surface area (Å²) >= 11 is 0. The average Bonchev–Trinajstić information content (AvgIpc) is 2.57. The number of ether oxygens (including phenoxy) is 2. The van der Waals surface area contributed by atoms with Crippen molar-refractivity contribution in [1.82, 2.24) is 0 Å². The molecule has 0 saturated carbocycles. The fraction of sp³-hybridized carbons (Fsp3) is 1.00. The smallest absolute Gasteiger partial charge is 0.157 e. The molecule has 0 N–H and O–H groups in total. The summed E-state index contributed by atoms with van der Waals surface area (Å²) in [7, 11) is 0. The third-order valence-electron chi connectivity index (χ3n) is 4.40. The van der Waals surface area contributed by atoms with Gasteiger partial charge in [-0.1, -0.05) is 91.4 Å². The molecule has 0 spiro atoms. The predicted octanol–water partition coefficient (Wildman–Crippen LogP) is 7.26. The van der Waals surface area contributed by atoms with E-state index in [4.69, 9.17) is 9.47 Å². The Morgan fingerprint density at radius 1 is 0.478 bits per heavy atom. The first-order valence-corrected chi connectivity index (χ1v) is 10.6. The molecule has 0 bridgehead atoms. The second-order valence-corrected chi connectivity index (χ2v) is 6.85. The van der Waals surface area contributed by atoms with Crippen LogP contribution in [0.4, 0.5) is 0 Å². The predicted molar refractivity (Wildman–Crippen MR) is 102 cm³/mol. The van der Waals surface area contributed by atoms with Gasteiger partial charge in [-0.25, -0.2) is 0 Å². The third-order valence-corrected chi connectivity index (χ3v) is 4.40. The minimum atomic E-state index is 0.0428. The van der Waals surface area contributed by atoms with E-state index in [-0.39, 0.29) is 6.29 Å². The molecular formula is C21H44O2. The van der Waals surface area contributed by atoms with Gasteiger partial charge >= 0.3 is 0 Å². The van der Waals surface area contributed by atoms with E-state index in [0.717, 1.165) is 19.6 Å². The van der Waals surface area contributed by atoms with Crippen LogP contribution in [0.25, 0.3) is 0 Å². The van der Waals surface area contributed by atoms with Crippen LogP contribution in [-0.4, -0.2) is 19.5 Å². The number of hydrogen-bond acceptors (Lipinski definition) is 2. The molecule has 0 aliphatic carbocycles. The van der Waals surface area contributed by atoms with Crippen molar-refractivity contribution in [1.29, 1.82) is 0 Å². The van der Waals surface area contributed by atoms with E-state index in [1.54, 1.807) is 0 Å². The van der Waals surface area contributed by atoms with Crippen molar-refractivity contribution in [2.24, 2.45) is 0 Å². The normalized spacial score (nSPS) is 11.5. The van der Waals surface area contributed by atoms with Crippen LogP contribution in [-0.2, 0) is 9.47 Å². The highest BCUT2D eigenvalue weighted by atomic mass is 16.7. The Morgan fingerprint density at radius 2 is 0.870 bits per heavy atom. The van der Waals surface area contributed by atoms with E-state index in [9.17, 15) is 0 Å². The molecule has 0 radical (unpaired) electrons. The maximum Gasteiger partial charge on any atom is 0.157 e. The largest absolute Gasteiger partial charge is 0.353 e. The van der Waals surface area contributed by atoms with Crippen LogP contribution in [0.5, 0.6) is 0 Å². The zero-order valence-electron chi connectivity index (χ0n) is 16.4. The molecule has 23 heavy (non-hydrogen) atoms. The summed E-state index contributed by atoms with van der Waals surface area (Å²) in [6.07, 6.45) is 19.4. The van der Waals surface area contributed by atoms with Gasteiger partial charge in [-0.05, 0) is 25.7 Å². The second kappa shape index (κ2) is 20.0. The van der Waals surface area contributed by atoms with E-state index in [1.807, 2.05) is 0 Å². The van der Waals surface area contributed by atoms with Gasteiger partial charge in [0.15, 0.2) is 6.29 Å². The molecule has 0 aromatic rings. The average molecular weight is 329 g/mol. The lowest BCUT2D eigenvalue weighted by atomic mass is 10.1. The van der Waals surface area contributed by atoms with Crippen LogP contribution < -0.4 is 0 Å². The van der Waals surface area contributed by atoms with E-state index >= 15 is 0 Å². The zero-order valence-corrected chi connectivity index (χ0v) is 16.4. The highest BCUT2D eigenvalue weighted by molar-refractivity contribution is 4.50. The molecular weight excluding hydrogens is 284 g/mol. The topological polar surface area (TPSA) is 18.5 Å². The van der Waals surface area contributed by atoms with Crippen molar-refractivity contribution >= 4 is 0 Å². The Morgan fingerprint density at radius 3 is 1.30 bits per heavy atom. The first-order chi connectivity index (χ1) is 11.3. The number of rotatable bonds is 19. The summed E-state index contributed by atoms with van der Waals surface area (Å²) in [5.74, 6) is 0. The maximum atomic E-state index is 5.97. The fourth-order valence-corrected chi connectivity index (χ4v) is 2.78. The lowest BCUT2D eigenvalue weighted by molar-refractivity contribution is -0.147. The quantitative estimate of drug-likeness (QED) is 0.183. The Bertz CT molecular complexity index is 188. The Kier molecular flexibility index (Phi) is 19.9. The van der Waals surface area contributed by atoms with Crippen molar-refractivity contribution in [2.75, 3.05) is 13.2 Å². The Hall–Kier alpha value is -0.0800. The van der Waals surface area contributed by atoms with Crippen molar-refractivity contribution in [3.63, 3.8) is 0 Å². The van der Waals surface area contributed by atoms with Crippen LogP contribution in [0.15, 0.2) is 0 Å². The number of hydrogen-bond donors (Lipinski definition) is 0. The monoisotopic (exact) mass is 328 g/mol. The summed E-state index contributed by atoms with van der Waals surface area (Å²) in [5, 5.41) is 0. The summed E-state index contributed by atoms with van der Waals surface area (Å²) in [6.45, 7) is 8.51. The Labute approximate surface area is 146 Å². The highest BCUT2D eigenvalue weighted by Crippen LogP contribution is 2.11. The molecule has 0 aliphatic rings. The van der Waals surface area contributed by atoms with Crippen molar-refractivity contribution in [3.05, 3.63) is 0 Å². The summed E-state index contributed by atoms with van der Waals surface area (Å²) in [5.41, 5.74) is 0. The van der Waals surface area contributed by atoms with E-state index in [1.165, 1.54) is 89.9 Å². The summed E-state index contributed by atoms with van der Waals surface area (Å²) in [6, 6.07) is 0. The first kappa shape index (κ1) is 22.9. The lowest BCUT2D eigenvalue weighted by Crippen LogP contribution is -2.18. The van der Waals surface area contributed by atoms with Gasteiger partial charge in [-0.2, -0.15) is 0 Å². The van der Waals surface area contributed by atoms with Gasteiger partial charge in [0.05, 0.1) is 0 Å². The van der Waals surface area contributed by atoms with Crippen molar-refractivity contribution < 1.29 is 9.47 Å². The molecule has 0 aromatic heterocycles. The van der Waals surface area contributed by atoms with Gasteiger partial charge in [0.25, 0.3) is 0 Å². The van der Waals surface area contributed by atoms with Crippen molar-refractivity contribution in [3.8, 4) is 0 Å². The molecule has 0 fully saturated rings. The van der Waals surface area contributed by atoms with Crippen LogP contribution in [0.3, 0.4) is 0 Å². The molecule has 140 valence electrons. The lowest BCUT2D eigenvalue weighted by Gasteiger charge is -2.18. The molecule has 0 atom stereocenters. The molecule has 0 amide bonds. The van der Waals surface area contributed by atoms with Gasteiger partial charge in [0, 0.05) is 13.2 Å². The van der Waals surface area contributed by atoms with E-state index in [2.05, 4.69) is 20.8 Å². The van der Waals surface area contributed by atoms with Gasteiger partial charge < -0.3 is 9.47 Å². The van der Waals surface area contributed by atoms with Crippen LogP contribution in [0.2, 0.25) is 0 Å². The molecule has 0 heterocycles. The molecule has 2 heteroatoms. The SMILES string of the molecule is CCCCCCCCOC(CCCC)OCCCCCCCC. The summed E-state index contributed by atoms with van der Waals surface area (Å²) in [4.78, 5) is 0. The van der Waals surface area contributed by atoms with Crippen LogP contribution >= 0.6 is 0 Å². The maximum absolute atomic E-state index is 5.97. The van der Waals surface area contributed by atoms with Gasteiger partial charge in [-0.15, -0.1) is 0 Å². The minimum absolute atomic E-state index is 0.0428. The van der Waals surface area contributed by atoms with Gasteiger partial charge in [0.1, 0.15) is 0 Å². The van der Waals surface area contributed by atoms with Crippen LogP contribution in [0.1, 0.15) is 117 Å². The first-order valence-electron chi connectivity index (χ1n) is 10.6. The van der Waals surface area contributed by atoms with Crippen molar-refractivity contribution in [2.45, 2.75) is 123 Å². The Balaban J connectivity index is 3.56. The molecule has 0 aliphatic heterocycles. The molecule has 2 nitrogen and oxygen atoms in total. The second-order valence-electron chi connectivity index (χ2n) is 6.85. The zero-order chi connectivity index (χ0) is 17.0. The fourth-order valence-electron chi connectivity index (χ4n) is 2.78. The van der Waals surface area contributed by atoms with E-state index < -0.39 is 0 Å². The molecule has 0 saturated heterocycles. The molecule has 0 aromatic carbocycles. The molecule has 0 rings (SSSR count). The summed E-state index contributed by atoms with van der Waals surface area (Å²) < 4.78 is 11.9. The molecule has 0 unspecified atom stereocenters. The minimum Gasteiger partial charge on any atom is -0.353 e. The van der Waals surface area contributed by atoms with E-state index in [0.29, 0.717) is 0 Å². The third kappa shape index (κ3) is 18.1.